The first-order valence-electron chi connectivity index (χ1n) is 7.14. The minimum atomic E-state index is -4.39. The summed E-state index contributed by atoms with van der Waals surface area (Å²) in [6.07, 6.45) is -0.869. The molecule has 0 radical (unpaired) electrons. The van der Waals surface area contributed by atoms with Crippen molar-refractivity contribution >= 4 is 11.5 Å². The van der Waals surface area contributed by atoms with Gasteiger partial charge in [-0.3, -0.25) is 4.79 Å². The van der Waals surface area contributed by atoms with Crippen molar-refractivity contribution in [3.8, 4) is 0 Å². The van der Waals surface area contributed by atoms with Crippen molar-refractivity contribution in [2.45, 2.75) is 19.5 Å². The lowest BCUT2D eigenvalue weighted by Gasteiger charge is -2.08. The van der Waals surface area contributed by atoms with E-state index in [0.29, 0.717) is 5.56 Å². The summed E-state index contributed by atoms with van der Waals surface area (Å²) < 4.78 is 37.8. The van der Waals surface area contributed by atoms with Crippen LogP contribution in [-0.2, 0) is 12.6 Å². The molecule has 0 saturated heterocycles. The predicted octanol–water partition coefficient (Wildman–Crippen LogP) is 5.08. The van der Waals surface area contributed by atoms with Crippen LogP contribution in [0.5, 0.6) is 0 Å². The molecule has 0 aliphatic carbocycles. The van der Waals surface area contributed by atoms with Gasteiger partial charge in [-0.2, -0.15) is 13.2 Å². The maximum Gasteiger partial charge on any atom is 0.416 e. The van der Waals surface area contributed by atoms with E-state index in [0.717, 1.165) is 24.1 Å². The van der Waals surface area contributed by atoms with Crippen molar-refractivity contribution in [2.24, 2.45) is 0 Å². The molecule has 0 saturated carbocycles. The van der Waals surface area contributed by atoms with Gasteiger partial charge in [0.1, 0.15) is 0 Å². The maximum atomic E-state index is 12.6. The molecule has 0 fully saturated rings. The molecule has 0 aliphatic rings. The molecule has 2 aromatic rings. The first-order valence-corrected chi connectivity index (χ1v) is 7.14. The van der Waals surface area contributed by atoms with Gasteiger partial charge in [-0.1, -0.05) is 37.3 Å². The molecule has 2 aromatic carbocycles. The summed E-state index contributed by atoms with van der Waals surface area (Å²) in [5.41, 5.74) is 1.19. The smallest absolute Gasteiger partial charge is 0.362 e. The van der Waals surface area contributed by atoms with Gasteiger partial charge in [-0.15, -0.1) is 0 Å². The fourth-order valence-corrected chi connectivity index (χ4v) is 2.00. The number of aryl methyl sites for hydroxylation is 1. The Bertz CT molecular complexity index is 703. The van der Waals surface area contributed by atoms with Gasteiger partial charge in [0.25, 0.3) is 0 Å². The summed E-state index contributed by atoms with van der Waals surface area (Å²) >= 11 is 0. The van der Waals surface area contributed by atoms with E-state index in [1.807, 2.05) is 19.1 Å². The molecule has 0 aliphatic heterocycles. The third-order valence-corrected chi connectivity index (χ3v) is 3.32. The number of carbonyl (C=O) groups is 1. The van der Waals surface area contributed by atoms with E-state index in [9.17, 15) is 18.0 Å². The summed E-state index contributed by atoms with van der Waals surface area (Å²) in [5, 5.41) is 2.68. The van der Waals surface area contributed by atoms with Crippen LogP contribution < -0.4 is 5.32 Å². The average Bonchev–Trinajstić information content (AvgIpc) is 2.54. The van der Waals surface area contributed by atoms with Gasteiger partial charge in [-0.25, -0.2) is 0 Å². The molecule has 2 rings (SSSR count). The third kappa shape index (κ3) is 4.71. The van der Waals surface area contributed by atoms with Crippen LogP contribution in [0.15, 0.2) is 60.8 Å². The highest BCUT2D eigenvalue weighted by atomic mass is 19.4. The number of benzene rings is 2. The first kappa shape index (κ1) is 16.8. The second-order valence-corrected chi connectivity index (χ2v) is 4.97. The number of hydrogen-bond acceptors (Lipinski definition) is 2. The van der Waals surface area contributed by atoms with Crippen molar-refractivity contribution in [3.63, 3.8) is 0 Å². The molecule has 1 N–H and O–H groups in total. The maximum absolute atomic E-state index is 12.6. The van der Waals surface area contributed by atoms with Crippen molar-refractivity contribution in [1.82, 2.24) is 0 Å². The zero-order valence-electron chi connectivity index (χ0n) is 12.5. The second kappa shape index (κ2) is 7.13. The lowest BCUT2D eigenvalue weighted by atomic mass is 10.1. The topological polar surface area (TPSA) is 29.1 Å². The number of halogens is 3. The average molecular weight is 319 g/mol. The van der Waals surface area contributed by atoms with Gasteiger partial charge >= 0.3 is 6.18 Å². The Morgan fingerprint density at radius 1 is 1.13 bits per heavy atom. The van der Waals surface area contributed by atoms with E-state index in [1.54, 1.807) is 12.1 Å². The van der Waals surface area contributed by atoms with Crippen LogP contribution >= 0.6 is 0 Å². The van der Waals surface area contributed by atoms with Gasteiger partial charge in [-0.05, 0) is 30.2 Å². The van der Waals surface area contributed by atoms with Crippen LogP contribution in [0.1, 0.15) is 28.4 Å². The molecule has 2 nitrogen and oxygen atoms in total. The molecule has 0 aromatic heterocycles. The SMILES string of the molecule is CCc1ccc(C(=O)/C=C/Nc2cccc(C(F)(F)F)c2)cc1. The Kier molecular flexibility index (Phi) is 5.21. The highest BCUT2D eigenvalue weighted by molar-refractivity contribution is 6.04. The Labute approximate surface area is 132 Å². The van der Waals surface area contributed by atoms with Crippen molar-refractivity contribution in [2.75, 3.05) is 5.32 Å². The molecular weight excluding hydrogens is 303 g/mol. The summed E-state index contributed by atoms with van der Waals surface area (Å²) in [6.45, 7) is 2.02. The van der Waals surface area contributed by atoms with Crippen LogP contribution in [-0.4, -0.2) is 5.78 Å². The molecule has 120 valence electrons. The lowest BCUT2D eigenvalue weighted by molar-refractivity contribution is -0.137. The fourth-order valence-electron chi connectivity index (χ4n) is 2.00. The molecule has 0 atom stereocenters. The number of allylic oxidation sites excluding steroid dienone is 1. The van der Waals surface area contributed by atoms with Crippen molar-refractivity contribution < 1.29 is 18.0 Å². The van der Waals surface area contributed by atoms with E-state index in [1.165, 1.54) is 24.4 Å². The normalized spacial score (nSPS) is 11.7. The van der Waals surface area contributed by atoms with Crippen LogP contribution in [0, 0.1) is 0 Å². The zero-order valence-corrected chi connectivity index (χ0v) is 12.5. The zero-order chi connectivity index (χ0) is 16.9. The van der Waals surface area contributed by atoms with Crippen LogP contribution in [0.25, 0.3) is 0 Å². The molecule has 0 heterocycles. The third-order valence-electron chi connectivity index (χ3n) is 3.32. The number of nitrogens with one attached hydrogen (secondary N) is 1. The van der Waals surface area contributed by atoms with E-state index >= 15 is 0 Å². The molecule has 5 heteroatoms. The van der Waals surface area contributed by atoms with Crippen molar-refractivity contribution in [1.29, 1.82) is 0 Å². The summed E-state index contributed by atoms with van der Waals surface area (Å²) in [7, 11) is 0. The predicted molar refractivity (Wildman–Crippen MR) is 84.4 cm³/mol. The van der Waals surface area contributed by atoms with E-state index < -0.39 is 11.7 Å². The largest absolute Gasteiger partial charge is 0.416 e. The molecular formula is C18H16F3NO. The van der Waals surface area contributed by atoms with Gasteiger partial charge in [0.05, 0.1) is 5.56 Å². The standard InChI is InChI=1S/C18H16F3NO/c1-2-13-6-8-14(9-7-13)17(23)10-11-22-16-5-3-4-15(12-16)18(19,20)21/h3-12,22H,2H2,1H3/b11-10+. The Hall–Kier alpha value is -2.56. The van der Waals surface area contributed by atoms with Crippen LogP contribution in [0.3, 0.4) is 0 Å². The van der Waals surface area contributed by atoms with Crippen LogP contribution in [0.4, 0.5) is 18.9 Å². The number of rotatable bonds is 5. The van der Waals surface area contributed by atoms with Crippen LogP contribution in [0.2, 0.25) is 0 Å². The molecule has 0 unspecified atom stereocenters. The highest BCUT2D eigenvalue weighted by Crippen LogP contribution is 2.30. The van der Waals surface area contributed by atoms with Gasteiger partial charge in [0.2, 0.25) is 0 Å². The molecule has 0 spiro atoms. The first-order chi connectivity index (χ1) is 10.9. The number of carbonyl (C=O) groups excluding carboxylic acids is 1. The number of ketones is 1. The second-order valence-electron chi connectivity index (χ2n) is 4.97. The van der Waals surface area contributed by atoms with E-state index in [2.05, 4.69) is 5.32 Å². The Morgan fingerprint density at radius 3 is 2.43 bits per heavy atom. The number of anilines is 1. The van der Waals surface area contributed by atoms with Gasteiger partial charge in [0, 0.05) is 23.5 Å². The Balaban J connectivity index is 2.02. The Morgan fingerprint density at radius 2 is 1.83 bits per heavy atom. The monoisotopic (exact) mass is 319 g/mol. The molecule has 0 amide bonds. The lowest BCUT2D eigenvalue weighted by Crippen LogP contribution is -2.05. The van der Waals surface area contributed by atoms with Gasteiger partial charge in [0.15, 0.2) is 5.78 Å². The van der Waals surface area contributed by atoms with Gasteiger partial charge < -0.3 is 5.32 Å². The highest BCUT2D eigenvalue weighted by Gasteiger charge is 2.30. The molecule has 0 bridgehead atoms. The summed E-state index contributed by atoms with van der Waals surface area (Å²) in [5.74, 6) is -0.216. The van der Waals surface area contributed by atoms with Crippen molar-refractivity contribution in [3.05, 3.63) is 77.5 Å². The van der Waals surface area contributed by atoms with E-state index in [4.69, 9.17) is 0 Å². The minimum absolute atomic E-state index is 0.216. The minimum Gasteiger partial charge on any atom is -0.362 e. The summed E-state index contributed by atoms with van der Waals surface area (Å²) in [6, 6.07) is 12.0. The summed E-state index contributed by atoms with van der Waals surface area (Å²) in [4.78, 5) is 12.0. The fraction of sp³-hybridized carbons (Fsp3) is 0.167. The quantitative estimate of drug-likeness (QED) is 0.615. The number of hydrogen-bond donors (Lipinski definition) is 1. The number of alkyl halides is 3. The van der Waals surface area contributed by atoms with E-state index in [-0.39, 0.29) is 11.5 Å². The molecule has 23 heavy (non-hydrogen) atoms.